The molecule has 1 fully saturated rings. The number of esters is 1. The van der Waals surface area contributed by atoms with Crippen LogP contribution in [0.1, 0.15) is 11.1 Å². The number of nitrogens with zero attached hydrogens (tertiary/aromatic N) is 2. The molecule has 1 amide bonds. The number of amides is 1. The molecule has 154 valence electrons. The molecule has 2 aromatic carbocycles. The van der Waals surface area contributed by atoms with Crippen LogP contribution in [-0.4, -0.2) is 37.5 Å². The molecule has 0 spiro atoms. The van der Waals surface area contributed by atoms with Crippen molar-refractivity contribution in [3.8, 4) is 11.5 Å². The van der Waals surface area contributed by atoms with Crippen molar-refractivity contribution in [1.29, 1.82) is 0 Å². The van der Waals surface area contributed by atoms with Crippen LogP contribution in [-0.2, 0) is 20.9 Å². The Morgan fingerprint density at radius 3 is 2.70 bits per heavy atom. The first kappa shape index (κ1) is 21.1. The fraction of sp³-hybridized carbons (Fsp3) is 0.143. The first-order chi connectivity index (χ1) is 14.6. The Kier molecular flexibility index (Phi) is 7.23. The van der Waals surface area contributed by atoms with Crippen LogP contribution in [0.15, 0.2) is 69.7 Å². The third-order valence-electron chi connectivity index (χ3n) is 3.90. The van der Waals surface area contributed by atoms with Crippen molar-refractivity contribution >= 4 is 35.0 Å². The van der Waals surface area contributed by atoms with E-state index in [1.807, 2.05) is 48.5 Å². The minimum absolute atomic E-state index is 0.195. The molecule has 1 aliphatic rings. The Bertz CT molecular complexity index is 1020. The zero-order chi connectivity index (χ0) is 21.3. The molecule has 3 rings (SSSR count). The maximum absolute atomic E-state index is 11.8. The van der Waals surface area contributed by atoms with Gasteiger partial charge in [-0.3, -0.25) is 10.1 Å². The number of carbonyl (C=O) groups is 2. The third kappa shape index (κ3) is 5.71. The number of ether oxygens (including phenoxy) is 3. The second kappa shape index (κ2) is 10.3. The molecule has 0 radical (unpaired) electrons. The van der Waals surface area contributed by atoms with Gasteiger partial charge in [-0.2, -0.15) is 5.10 Å². The van der Waals surface area contributed by atoms with Crippen LogP contribution in [0.3, 0.4) is 0 Å². The molecule has 0 aromatic heterocycles. The summed E-state index contributed by atoms with van der Waals surface area (Å²) in [4.78, 5) is 23.3. The van der Waals surface area contributed by atoms with Crippen LogP contribution < -0.4 is 14.8 Å². The van der Waals surface area contributed by atoms with Gasteiger partial charge < -0.3 is 14.2 Å². The van der Waals surface area contributed by atoms with E-state index in [1.165, 1.54) is 7.11 Å². The molecule has 1 heterocycles. The average Bonchev–Trinajstić information content (AvgIpc) is 3.11. The highest BCUT2D eigenvalue weighted by molar-refractivity contribution is 8.18. The summed E-state index contributed by atoms with van der Waals surface area (Å²) in [5.41, 5.74) is 1.64. The van der Waals surface area contributed by atoms with Crippen LogP contribution in [0.25, 0.3) is 0 Å². The lowest BCUT2D eigenvalue weighted by Crippen LogP contribution is -2.19. The van der Waals surface area contributed by atoms with Gasteiger partial charge in [-0.15, -0.1) is 5.10 Å². The van der Waals surface area contributed by atoms with Gasteiger partial charge in [0.05, 0.1) is 25.3 Å². The van der Waals surface area contributed by atoms with Gasteiger partial charge in [0.25, 0.3) is 5.91 Å². The molecular formula is C21H19N3O5S. The molecule has 8 nitrogen and oxygen atoms in total. The first-order valence-corrected chi connectivity index (χ1v) is 9.65. The highest BCUT2D eigenvalue weighted by Crippen LogP contribution is 2.24. The molecule has 2 aromatic rings. The highest BCUT2D eigenvalue weighted by atomic mass is 32.2. The standard InChI is InChI=1S/C21H19N3O5S/c1-27-17-9-8-14(10-15(17)13-29-16-6-4-3-5-7-16)12-22-24-21-23-20(26)18(30-21)11-19(25)28-2/h3-12H,13H2,1-2H3,(H,23,24,26)/b18-11+,22-12?. The number of hydrogen-bond acceptors (Lipinski definition) is 8. The summed E-state index contributed by atoms with van der Waals surface area (Å²) in [6.45, 7) is 0.330. The number of amidine groups is 1. The molecule has 0 atom stereocenters. The van der Waals surface area contributed by atoms with Gasteiger partial charge in [0.2, 0.25) is 0 Å². The number of para-hydroxylation sites is 1. The van der Waals surface area contributed by atoms with E-state index in [0.29, 0.717) is 12.4 Å². The van der Waals surface area contributed by atoms with Crippen molar-refractivity contribution in [1.82, 2.24) is 5.32 Å². The topological polar surface area (TPSA) is 98.6 Å². The lowest BCUT2D eigenvalue weighted by Gasteiger charge is -2.11. The van der Waals surface area contributed by atoms with E-state index in [9.17, 15) is 9.59 Å². The van der Waals surface area contributed by atoms with Crippen molar-refractivity contribution in [3.05, 3.63) is 70.6 Å². The molecule has 0 saturated carbocycles. The fourth-order valence-corrected chi connectivity index (χ4v) is 3.20. The zero-order valence-electron chi connectivity index (χ0n) is 16.3. The molecule has 0 unspecified atom stereocenters. The van der Waals surface area contributed by atoms with Gasteiger partial charge in [0, 0.05) is 11.6 Å². The quantitative estimate of drug-likeness (QED) is 0.317. The normalized spacial score (nSPS) is 16.1. The van der Waals surface area contributed by atoms with E-state index < -0.39 is 11.9 Å². The molecule has 30 heavy (non-hydrogen) atoms. The smallest absolute Gasteiger partial charge is 0.331 e. The summed E-state index contributed by atoms with van der Waals surface area (Å²) in [6, 6.07) is 15.0. The van der Waals surface area contributed by atoms with Gasteiger partial charge >= 0.3 is 5.97 Å². The zero-order valence-corrected chi connectivity index (χ0v) is 17.1. The maximum atomic E-state index is 11.8. The van der Waals surface area contributed by atoms with E-state index in [4.69, 9.17) is 9.47 Å². The summed E-state index contributed by atoms with van der Waals surface area (Å²) in [5, 5.41) is 10.8. The van der Waals surface area contributed by atoms with Crippen molar-refractivity contribution < 1.29 is 23.8 Å². The van der Waals surface area contributed by atoms with Crippen molar-refractivity contribution in [3.63, 3.8) is 0 Å². The van der Waals surface area contributed by atoms with E-state index in [2.05, 4.69) is 20.3 Å². The number of methoxy groups -OCH3 is 2. The number of nitrogens with one attached hydrogen (secondary N) is 1. The number of carbonyl (C=O) groups excluding carboxylic acids is 2. The molecular weight excluding hydrogens is 406 g/mol. The van der Waals surface area contributed by atoms with Crippen LogP contribution in [0, 0.1) is 0 Å². The predicted molar refractivity (Wildman–Crippen MR) is 115 cm³/mol. The predicted octanol–water partition coefficient (Wildman–Crippen LogP) is 2.88. The Balaban J connectivity index is 1.68. The summed E-state index contributed by atoms with van der Waals surface area (Å²) in [5.74, 6) is 0.422. The first-order valence-electron chi connectivity index (χ1n) is 8.83. The van der Waals surface area contributed by atoms with Crippen LogP contribution in [0.5, 0.6) is 11.5 Å². The summed E-state index contributed by atoms with van der Waals surface area (Å²) >= 11 is 1.01. The SMILES string of the molecule is COC(=O)/C=C1/S/C(=N\N=Cc2ccc(OC)c(COc3ccccc3)c2)NC1=O. The van der Waals surface area contributed by atoms with Gasteiger partial charge in [-0.25, -0.2) is 4.79 Å². The lowest BCUT2D eigenvalue weighted by atomic mass is 10.1. The van der Waals surface area contributed by atoms with Crippen LogP contribution >= 0.6 is 11.8 Å². The van der Waals surface area contributed by atoms with Crippen LogP contribution in [0.4, 0.5) is 0 Å². The molecule has 0 bridgehead atoms. The largest absolute Gasteiger partial charge is 0.496 e. The Labute approximate surface area is 177 Å². The van der Waals surface area contributed by atoms with E-state index >= 15 is 0 Å². The highest BCUT2D eigenvalue weighted by Gasteiger charge is 2.25. The molecule has 0 aliphatic carbocycles. The van der Waals surface area contributed by atoms with Crippen molar-refractivity contribution in [2.24, 2.45) is 10.2 Å². The summed E-state index contributed by atoms with van der Waals surface area (Å²) in [6.07, 6.45) is 2.65. The Hall–Kier alpha value is -3.59. The Morgan fingerprint density at radius 2 is 1.97 bits per heavy atom. The average molecular weight is 425 g/mol. The minimum Gasteiger partial charge on any atom is -0.496 e. The van der Waals surface area contributed by atoms with Crippen molar-refractivity contribution in [2.75, 3.05) is 14.2 Å². The molecule has 1 aliphatic heterocycles. The fourth-order valence-electron chi connectivity index (χ4n) is 2.46. The van der Waals surface area contributed by atoms with Gasteiger partial charge in [-0.1, -0.05) is 18.2 Å². The number of benzene rings is 2. The van der Waals surface area contributed by atoms with Gasteiger partial charge in [0.15, 0.2) is 5.17 Å². The van der Waals surface area contributed by atoms with Crippen molar-refractivity contribution in [2.45, 2.75) is 6.61 Å². The van der Waals surface area contributed by atoms with E-state index in [0.717, 1.165) is 34.7 Å². The number of rotatable bonds is 7. The third-order valence-corrected chi connectivity index (χ3v) is 4.80. The second-order valence-electron chi connectivity index (χ2n) is 5.91. The van der Waals surface area contributed by atoms with Gasteiger partial charge in [0.1, 0.15) is 18.1 Å². The number of hydrogen-bond donors (Lipinski definition) is 1. The minimum atomic E-state index is -0.610. The van der Waals surface area contributed by atoms with E-state index in [-0.39, 0.29) is 10.1 Å². The second-order valence-corrected chi connectivity index (χ2v) is 6.94. The van der Waals surface area contributed by atoms with Gasteiger partial charge in [-0.05, 0) is 47.7 Å². The summed E-state index contributed by atoms with van der Waals surface area (Å²) in [7, 11) is 2.84. The maximum Gasteiger partial charge on any atom is 0.331 e. The molecule has 1 N–H and O–H groups in total. The summed E-state index contributed by atoms with van der Waals surface area (Å²) < 4.78 is 15.7. The molecule has 1 saturated heterocycles. The lowest BCUT2D eigenvalue weighted by molar-refractivity contribution is -0.135. The Morgan fingerprint density at radius 1 is 1.17 bits per heavy atom. The monoisotopic (exact) mass is 425 g/mol. The van der Waals surface area contributed by atoms with E-state index in [1.54, 1.807) is 13.3 Å². The number of thioether (sulfide) groups is 1. The molecule has 9 heteroatoms. The van der Waals surface area contributed by atoms with Crippen LogP contribution in [0.2, 0.25) is 0 Å².